The van der Waals surface area contributed by atoms with Gasteiger partial charge in [0.2, 0.25) is 0 Å². The van der Waals surface area contributed by atoms with E-state index in [0.717, 1.165) is 25.3 Å². The Bertz CT molecular complexity index is 474. The van der Waals surface area contributed by atoms with Crippen LogP contribution in [-0.2, 0) is 10.1 Å². The zero-order valence-electron chi connectivity index (χ0n) is 9.61. The van der Waals surface area contributed by atoms with Gasteiger partial charge >= 0.3 is 0 Å². The number of halogens is 1. The summed E-state index contributed by atoms with van der Waals surface area (Å²) >= 11 is 0. The molecule has 0 amide bonds. The van der Waals surface area contributed by atoms with Crippen molar-refractivity contribution in [2.24, 2.45) is 0 Å². The quantitative estimate of drug-likeness (QED) is 0.610. The predicted molar refractivity (Wildman–Crippen MR) is 64.2 cm³/mol. The van der Waals surface area contributed by atoms with Gasteiger partial charge in [0.1, 0.15) is 5.82 Å². The third kappa shape index (κ3) is 4.32. The molecule has 0 spiro atoms. The lowest BCUT2D eigenvalue weighted by atomic mass is 10.2. The molecule has 1 rings (SSSR count). The van der Waals surface area contributed by atoms with Crippen LogP contribution in [0.3, 0.4) is 0 Å². The first-order valence-electron chi connectivity index (χ1n) is 5.46. The molecule has 0 aromatic heterocycles. The number of nitrogens with one attached hydrogen (secondary N) is 1. The lowest BCUT2D eigenvalue weighted by molar-refractivity contribution is 0.482. The monoisotopic (exact) mass is 261 g/mol. The van der Waals surface area contributed by atoms with E-state index in [0.29, 0.717) is 6.54 Å². The van der Waals surface area contributed by atoms with Crippen molar-refractivity contribution in [1.29, 1.82) is 0 Å². The molecule has 1 aromatic rings. The minimum atomic E-state index is -4.34. The Balaban J connectivity index is 2.70. The molecule has 0 fully saturated rings. The number of hydrogen-bond acceptors (Lipinski definition) is 3. The molecule has 17 heavy (non-hydrogen) atoms. The summed E-state index contributed by atoms with van der Waals surface area (Å²) in [5.41, 5.74) is 0.244. The van der Waals surface area contributed by atoms with Crippen molar-refractivity contribution in [2.45, 2.75) is 31.1 Å². The summed E-state index contributed by atoms with van der Waals surface area (Å²) in [6.07, 6.45) is 3.06. The summed E-state index contributed by atoms with van der Waals surface area (Å²) < 4.78 is 43.7. The first-order chi connectivity index (χ1) is 7.95. The lowest BCUT2D eigenvalue weighted by Crippen LogP contribution is -2.05. The molecule has 1 aromatic carbocycles. The van der Waals surface area contributed by atoms with Crippen LogP contribution in [0.4, 0.5) is 10.1 Å². The van der Waals surface area contributed by atoms with E-state index in [1.165, 1.54) is 12.1 Å². The van der Waals surface area contributed by atoms with Crippen molar-refractivity contribution in [3.63, 3.8) is 0 Å². The third-order valence-corrected chi connectivity index (χ3v) is 3.18. The topological polar surface area (TPSA) is 66.4 Å². The van der Waals surface area contributed by atoms with Gasteiger partial charge in [0.15, 0.2) is 0 Å². The summed E-state index contributed by atoms with van der Waals surface area (Å²) in [6.45, 7) is 2.71. The second-order valence-corrected chi connectivity index (χ2v) is 5.17. The summed E-state index contributed by atoms with van der Waals surface area (Å²) in [7, 11) is -4.34. The highest BCUT2D eigenvalue weighted by Crippen LogP contribution is 2.18. The third-order valence-electron chi connectivity index (χ3n) is 2.33. The maximum Gasteiger partial charge on any atom is 0.294 e. The maximum absolute atomic E-state index is 13.5. The van der Waals surface area contributed by atoms with Crippen molar-refractivity contribution < 1.29 is 17.4 Å². The van der Waals surface area contributed by atoms with Crippen molar-refractivity contribution in [3.05, 3.63) is 24.0 Å². The van der Waals surface area contributed by atoms with Crippen molar-refractivity contribution >= 4 is 15.8 Å². The van der Waals surface area contributed by atoms with Gasteiger partial charge in [-0.15, -0.1) is 0 Å². The van der Waals surface area contributed by atoms with Gasteiger partial charge in [-0.05, 0) is 24.6 Å². The maximum atomic E-state index is 13.5. The van der Waals surface area contributed by atoms with E-state index in [1.54, 1.807) is 0 Å². The van der Waals surface area contributed by atoms with Crippen LogP contribution in [0, 0.1) is 5.82 Å². The summed E-state index contributed by atoms with van der Waals surface area (Å²) in [5, 5.41) is 2.87. The molecule has 0 radical (unpaired) electrons. The first kappa shape index (κ1) is 13.9. The molecular formula is C11H16FNO3S. The zero-order valence-corrected chi connectivity index (χ0v) is 10.4. The van der Waals surface area contributed by atoms with Gasteiger partial charge in [-0.2, -0.15) is 8.42 Å². The molecule has 96 valence electrons. The van der Waals surface area contributed by atoms with Crippen LogP contribution in [0.15, 0.2) is 23.1 Å². The summed E-state index contributed by atoms with van der Waals surface area (Å²) in [5.74, 6) is -0.684. The fourth-order valence-corrected chi connectivity index (χ4v) is 1.89. The number of anilines is 1. The van der Waals surface area contributed by atoms with Gasteiger partial charge in [-0.1, -0.05) is 19.8 Å². The van der Waals surface area contributed by atoms with E-state index in [1.807, 2.05) is 0 Å². The van der Waals surface area contributed by atoms with Crippen LogP contribution in [0.25, 0.3) is 0 Å². The summed E-state index contributed by atoms with van der Waals surface area (Å²) in [4.78, 5) is -0.436. The van der Waals surface area contributed by atoms with Crippen molar-refractivity contribution in [2.75, 3.05) is 11.9 Å². The van der Waals surface area contributed by atoms with Crippen LogP contribution < -0.4 is 5.32 Å². The molecular weight excluding hydrogens is 245 g/mol. The largest absolute Gasteiger partial charge is 0.383 e. The normalized spacial score (nSPS) is 11.5. The molecule has 0 aliphatic carbocycles. The highest BCUT2D eigenvalue weighted by atomic mass is 32.2. The predicted octanol–water partition coefficient (Wildman–Crippen LogP) is 2.67. The van der Waals surface area contributed by atoms with Crippen LogP contribution in [0.5, 0.6) is 0 Å². The van der Waals surface area contributed by atoms with Gasteiger partial charge in [-0.3, -0.25) is 4.55 Å². The molecule has 0 heterocycles. The number of hydrogen-bond donors (Lipinski definition) is 2. The molecule has 0 atom stereocenters. The zero-order chi connectivity index (χ0) is 12.9. The molecule has 0 saturated carbocycles. The highest BCUT2D eigenvalue weighted by molar-refractivity contribution is 7.85. The second kappa shape index (κ2) is 5.97. The van der Waals surface area contributed by atoms with E-state index in [9.17, 15) is 12.8 Å². The molecule has 2 N–H and O–H groups in total. The van der Waals surface area contributed by atoms with Gasteiger partial charge in [0.05, 0.1) is 10.6 Å². The van der Waals surface area contributed by atoms with E-state index in [-0.39, 0.29) is 5.69 Å². The van der Waals surface area contributed by atoms with E-state index in [4.69, 9.17) is 4.55 Å². The molecule has 0 aliphatic heterocycles. The van der Waals surface area contributed by atoms with Crippen LogP contribution >= 0.6 is 0 Å². The van der Waals surface area contributed by atoms with E-state index in [2.05, 4.69) is 12.2 Å². The fraction of sp³-hybridized carbons (Fsp3) is 0.455. The number of benzene rings is 1. The Hall–Kier alpha value is -1.14. The standard InChI is InChI=1S/C11H16FNO3S/c1-2-3-4-7-13-11-6-5-9(8-10(11)12)17(14,15)16/h5-6,8,13H,2-4,7H2,1H3,(H,14,15,16). The Morgan fingerprint density at radius 2 is 2.06 bits per heavy atom. The van der Waals surface area contributed by atoms with E-state index < -0.39 is 20.8 Å². The Kier molecular flexibility index (Phi) is 4.89. The molecule has 0 saturated heterocycles. The molecule has 6 heteroatoms. The van der Waals surface area contributed by atoms with Crippen molar-refractivity contribution in [1.82, 2.24) is 0 Å². The van der Waals surface area contributed by atoms with Crippen LogP contribution in [0.1, 0.15) is 26.2 Å². The Labute approximate surface area is 101 Å². The summed E-state index contributed by atoms with van der Waals surface area (Å²) in [6, 6.07) is 3.28. The molecule has 0 bridgehead atoms. The average Bonchev–Trinajstić information content (AvgIpc) is 2.24. The SMILES string of the molecule is CCCCCNc1ccc(S(=O)(=O)O)cc1F. The Morgan fingerprint density at radius 1 is 1.35 bits per heavy atom. The number of unbranched alkanes of at least 4 members (excludes halogenated alkanes) is 2. The van der Waals surface area contributed by atoms with Crippen LogP contribution in [-0.4, -0.2) is 19.5 Å². The first-order valence-corrected chi connectivity index (χ1v) is 6.90. The van der Waals surface area contributed by atoms with Crippen molar-refractivity contribution in [3.8, 4) is 0 Å². The average molecular weight is 261 g/mol. The fourth-order valence-electron chi connectivity index (χ4n) is 1.40. The number of rotatable bonds is 6. The van der Waals surface area contributed by atoms with Gasteiger partial charge in [0.25, 0.3) is 10.1 Å². The smallest absolute Gasteiger partial charge is 0.294 e. The van der Waals surface area contributed by atoms with Gasteiger partial charge in [-0.25, -0.2) is 4.39 Å². The minimum Gasteiger partial charge on any atom is -0.383 e. The van der Waals surface area contributed by atoms with Crippen LogP contribution in [0.2, 0.25) is 0 Å². The molecule has 0 unspecified atom stereocenters. The van der Waals surface area contributed by atoms with Gasteiger partial charge < -0.3 is 5.32 Å². The molecule has 4 nitrogen and oxygen atoms in total. The van der Waals surface area contributed by atoms with E-state index >= 15 is 0 Å². The molecule has 0 aliphatic rings. The highest BCUT2D eigenvalue weighted by Gasteiger charge is 2.12. The Morgan fingerprint density at radius 3 is 2.59 bits per heavy atom. The lowest BCUT2D eigenvalue weighted by Gasteiger charge is -2.07. The minimum absolute atomic E-state index is 0.244. The van der Waals surface area contributed by atoms with Gasteiger partial charge in [0, 0.05) is 6.54 Å². The second-order valence-electron chi connectivity index (χ2n) is 3.75.